The normalized spacial score (nSPS) is 13.1. The molecule has 0 fully saturated rings. The van der Waals surface area contributed by atoms with E-state index in [1.165, 1.54) is 18.2 Å². The van der Waals surface area contributed by atoms with Gasteiger partial charge >= 0.3 is 0 Å². The molecule has 0 spiro atoms. The third-order valence-electron chi connectivity index (χ3n) is 3.29. The van der Waals surface area contributed by atoms with E-state index in [2.05, 4.69) is 10.6 Å². The monoisotopic (exact) mass is 350 g/mol. The van der Waals surface area contributed by atoms with Crippen molar-refractivity contribution in [3.05, 3.63) is 28.3 Å². The smallest absolute Gasteiger partial charge is 0.271 e. The Morgan fingerprint density at radius 3 is 2.72 bits per heavy atom. The Balaban J connectivity index is 2.08. The van der Waals surface area contributed by atoms with Crippen molar-refractivity contribution in [2.24, 2.45) is 0 Å². The predicted octanol–water partition coefficient (Wildman–Crippen LogP) is -0.0390. The molecule has 0 saturated heterocycles. The Labute approximate surface area is 143 Å². The molecule has 0 bridgehead atoms. The Hall–Kier alpha value is -3.17. The Morgan fingerprint density at radius 1 is 1.36 bits per heavy atom. The van der Waals surface area contributed by atoms with E-state index in [0.717, 1.165) is 4.90 Å². The van der Waals surface area contributed by atoms with E-state index < -0.39 is 16.7 Å². The number of carbonyl (C=O) groups is 3. The molecule has 1 aliphatic heterocycles. The maximum absolute atomic E-state index is 12.0. The van der Waals surface area contributed by atoms with Crippen LogP contribution in [0.15, 0.2) is 18.2 Å². The SMILES string of the molecule is CC(C)NC(=O)CNC(=O)CN1C(=O)COc2ccc([N+](=O)[O-])cc21. The highest BCUT2D eigenvalue weighted by Gasteiger charge is 2.29. The summed E-state index contributed by atoms with van der Waals surface area (Å²) in [7, 11) is 0. The molecule has 0 unspecified atom stereocenters. The number of anilines is 1. The summed E-state index contributed by atoms with van der Waals surface area (Å²) < 4.78 is 5.21. The minimum Gasteiger partial charge on any atom is -0.482 e. The third-order valence-corrected chi connectivity index (χ3v) is 3.29. The van der Waals surface area contributed by atoms with Gasteiger partial charge in [-0.05, 0) is 19.9 Å². The summed E-state index contributed by atoms with van der Waals surface area (Å²) >= 11 is 0. The molecule has 1 heterocycles. The number of carbonyl (C=O) groups excluding carboxylic acids is 3. The first-order chi connectivity index (χ1) is 11.8. The topological polar surface area (TPSA) is 131 Å². The first-order valence-corrected chi connectivity index (χ1v) is 7.55. The molecule has 25 heavy (non-hydrogen) atoms. The first-order valence-electron chi connectivity index (χ1n) is 7.55. The lowest BCUT2D eigenvalue weighted by molar-refractivity contribution is -0.384. The van der Waals surface area contributed by atoms with Crippen molar-refractivity contribution < 1.29 is 24.0 Å². The molecular formula is C15H18N4O6. The summed E-state index contributed by atoms with van der Waals surface area (Å²) in [6.07, 6.45) is 0. The number of nitrogens with zero attached hydrogens (tertiary/aromatic N) is 2. The van der Waals surface area contributed by atoms with Crippen LogP contribution < -0.4 is 20.3 Å². The summed E-state index contributed by atoms with van der Waals surface area (Å²) in [6, 6.07) is 3.74. The highest BCUT2D eigenvalue weighted by Crippen LogP contribution is 2.34. The molecule has 0 radical (unpaired) electrons. The number of ether oxygens (including phenoxy) is 1. The van der Waals surface area contributed by atoms with Crippen molar-refractivity contribution >= 4 is 29.1 Å². The zero-order valence-electron chi connectivity index (χ0n) is 13.8. The van der Waals surface area contributed by atoms with Gasteiger partial charge in [-0.15, -0.1) is 0 Å². The van der Waals surface area contributed by atoms with Gasteiger partial charge in [-0.25, -0.2) is 0 Å². The second-order valence-corrected chi connectivity index (χ2v) is 5.68. The third kappa shape index (κ3) is 4.66. The molecular weight excluding hydrogens is 332 g/mol. The number of hydrogen-bond donors (Lipinski definition) is 2. The van der Waals surface area contributed by atoms with Crippen molar-refractivity contribution in [2.75, 3.05) is 24.6 Å². The molecule has 2 N–H and O–H groups in total. The zero-order chi connectivity index (χ0) is 18.6. The van der Waals surface area contributed by atoms with Crippen LogP contribution in [0.1, 0.15) is 13.8 Å². The van der Waals surface area contributed by atoms with Crippen LogP contribution in [0.3, 0.4) is 0 Å². The minimum absolute atomic E-state index is 0.0577. The molecule has 0 aliphatic carbocycles. The Kier molecular flexibility index (Phi) is 5.52. The van der Waals surface area contributed by atoms with Crippen LogP contribution in [0.2, 0.25) is 0 Å². The molecule has 10 nitrogen and oxygen atoms in total. The van der Waals surface area contributed by atoms with Crippen molar-refractivity contribution in [3.63, 3.8) is 0 Å². The van der Waals surface area contributed by atoms with Gasteiger partial charge in [-0.1, -0.05) is 0 Å². The molecule has 1 aromatic carbocycles. The minimum atomic E-state index is -0.603. The van der Waals surface area contributed by atoms with E-state index in [0.29, 0.717) is 0 Å². The van der Waals surface area contributed by atoms with Gasteiger partial charge in [-0.2, -0.15) is 0 Å². The second kappa shape index (κ2) is 7.60. The summed E-state index contributed by atoms with van der Waals surface area (Å²) in [6.45, 7) is 2.71. The van der Waals surface area contributed by atoms with Gasteiger partial charge in [-0.3, -0.25) is 29.4 Å². The van der Waals surface area contributed by atoms with Gasteiger partial charge < -0.3 is 15.4 Å². The fourth-order valence-corrected chi connectivity index (χ4v) is 2.23. The highest BCUT2D eigenvalue weighted by molar-refractivity contribution is 6.02. The number of nitro benzene ring substituents is 1. The van der Waals surface area contributed by atoms with E-state index in [4.69, 9.17) is 4.74 Å². The van der Waals surface area contributed by atoms with Crippen LogP contribution in [0, 0.1) is 10.1 Å². The lowest BCUT2D eigenvalue weighted by Gasteiger charge is -2.28. The first kappa shape index (κ1) is 18.2. The van der Waals surface area contributed by atoms with Crippen molar-refractivity contribution in [1.29, 1.82) is 0 Å². The van der Waals surface area contributed by atoms with Crippen LogP contribution in [0.5, 0.6) is 5.75 Å². The predicted molar refractivity (Wildman–Crippen MR) is 87.2 cm³/mol. The molecule has 0 atom stereocenters. The molecule has 0 aromatic heterocycles. The number of rotatable bonds is 6. The summed E-state index contributed by atoms with van der Waals surface area (Å²) in [5.41, 5.74) is -0.0778. The van der Waals surface area contributed by atoms with E-state index in [-0.39, 0.29) is 48.8 Å². The van der Waals surface area contributed by atoms with Gasteiger partial charge in [0.2, 0.25) is 11.8 Å². The molecule has 2 rings (SSSR count). The van der Waals surface area contributed by atoms with Crippen molar-refractivity contribution in [2.45, 2.75) is 19.9 Å². The largest absolute Gasteiger partial charge is 0.482 e. The van der Waals surface area contributed by atoms with Crippen LogP contribution >= 0.6 is 0 Å². The maximum Gasteiger partial charge on any atom is 0.271 e. The molecule has 0 saturated carbocycles. The maximum atomic E-state index is 12.0. The molecule has 10 heteroatoms. The zero-order valence-corrected chi connectivity index (χ0v) is 13.8. The Morgan fingerprint density at radius 2 is 2.08 bits per heavy atom. The van der Waals surface area contributed by atoms with E-state index >= 15 is 0 Å². The van der Waals surface area contributed by atoms with Crippen molar-refractivity contribution in [1.82, 2.24) is 10.6 Å². The lowest BCUT2D eigenvalue weighted by Crippen LogP contribution is -2.47. The van der Waals surface area contributed by atoms with Crippen LogP contribution in [-0.4, -0.2) is 48.4 Å². The number of fused-ring (bicyclic) bond motifs is 1. The van der Waals surface area contributed by atoms with Gasteiger partial charge in [0.25, 0.3) is 11.6 Å². The number of nitro groups is 1. The molecule has 3 amide bonds. The summed E-state index contributed by atoms with van der Waals surface area (Å²) in [4.78, 5) is 47.0. The van der Waals surface area contributed by atoms with E-state index in [9.17, 15) is 24.5 Å². The van der Waals surface area contributed by atoms with Crippen LogP contribution in [-0.2, 0) is 14.4 Å². The summed E-state index contributed by atoms with van der Waals surface area (Å²) in [5.74, 6) is -1.15. The quantitative estimate of drug-likeness (QED) is 0.547. The number of non-ortho nitro benzene ring substituents is 1. The molecule has 1 aromatic rings. The van der Waals surface area contributed by atoms with Gasteiger partial charge in [0.1, 0.15) is 12.3 Å². The average molecular weight is 350 g/mol. The van der Waals surface area contributed by atoms with Gasteiger partial charge in [0.15, 0.2) is 6.61 Å². The fourth-order valence-electron chi connectivity index (χ4n) is 2.23. The number of benzene rings is 1. The standard InChI is InChI=1S/C15H18N4O6/c1-9(2)17-13(20)6-16-14(21)7-18-11-5-10(19(23)24)3-4-12(11)25-8-15(18)22/h3-5,9H,6-8H2,1-2H3,(H,16,21)(H,17,20). The van der Waals surface area contributed by atoms with Gasteiger partial charge in [0.05, 0.1) is 17.2 Å². The number of hydrogen-bond acceptors (Lipinski definition) is 6. The van der Waals surface area contributed by atoms with Crippen molar-refractivity contribution in [3.8, 4) is 5.75 Å². The molecule has 1 aliphatic rings. The molecule has 134 valence electrons. The highest BCUT2D eigenvalue weighted by atomic mass is 16.6. The van der Waals surface area contributed by atoms with Crippen LogP contribution in [0.4, 0.5) is 11.4 Å². The van der Waals surface area contributed by atoms with E-state index in [1.807, 2.05) is 0 Å². The Bertz CT molecular complexity index is 718. The van der Waals surface area contributed by atoms with Gasteiger partial charge in [0, 0.05) is 18.2 Å². The average Bonchev–Trinajstić information content (AvgIpc) is 2.54. The number of nitrogens with one attached hydrogen (secondary N) is 2. The lowest BCUT2D eigenvalue weighted by atomic mass is 10.2. The fraction of sp³-hybridized carbons (Fsp3) is 0.400. The second-order valence-electron chi connectivity index (χ2n) is 5.68. The summed E-state index contributed by atoms with van der Waals surface area (Å²) in [5, 5.41) is 15.9. The van der Waals surface area contributed by atoms with Crippen LogP contribution in [0.25, 0.3) is 0 Å². The van der Waals surface area contributed by atoms with E-state index in [1.54, 1.807) is 13.8 Å². The number of amides is 3.